The fourth-order valence-electron chi connectivity index (χ4n) is 1.93. The van der Waals surface area contributed by atoms with Gasteiger partial charge in [0.1, 0.15) is 0 Å². The van der Waals surface area contributed by atoms with Crippen molar-refractivity contribution in [3.05, 3.63) is 0 Å². The van der Waals surface area contributed by atoms with E-state index in [1.165, 1.54) is 0 Å². The second-order valence-electron chi connectivity index (χ2n) is 3.66. The highest BCUT2D eigenvalue weighted by Crippen LogP contribution is 2.29. The average Bonchev–Trinajstić information content (AvgIpc) is 2.18. The van der Waals surface area contributed by atoms with E-state index >= 15 is 0 Å². The smallest absolute Gasteiger partial charge is 0.308 e. The van der Waals surface area contributed by atoms with E-state index in [1.54, 1.807) is 0 Å². The molecule has 3 nitrogen and oxygen atoms in total. The molecule has 13 heavy (non-hydrogen) atoms. The molecule has 1 aliphatic rings. The molecule has 0 aromatic carbocycles. The molecule has 0 aliphatic heterocycles. The number of aliphatic hydroxyl groups excluding tert-OH is 1. The van der Waals surface area contributed by atoms with Crippen molar-refractivity contribution in [2.45, 2.75) is 32.6 Å². The summed E-state index contributed by atoms with van der Waals surface area (Å²) >= 11 is 0. The lowest BCUT2D eigenvalue weighted by molar-refractivity contribution is -0.149. The zero-order valence-corrected chi connectivity index (χ0v) is 8.16. The summed E-state index contributed by atoms with van der Waals surface area (Å²) in [6.07, 6.45) is 3.81. The number of carbonyl (C=O) groups excluding carboxylic acids is 1. The lowest BCUT2D eigenvalue weighted by atomic mass is 9.82. The quantitative estimate of drug-likeness (QED) is 0.677. The molecule has 0 heterocycles. The Balaban J connectivity index is 2.37. The molecular formula is C10H18O3. The van der Waals surface area contributed by atoms with Crippen LogP contribution in [0.4, 0.5) is 0 Å². The second kappa shape index (κ2) is 5.22. The van der Waals surface area contributed by atoms with Gasteiger partial charge in [0.2, 0.25) is 0 Å². The Kier molecular flexibility index (Phi) is 4.22. The molecule has 76 valence electrons. The molecule has 0 radical (unpaired) electrons. The third kappa shape index (κ3) is 2.99. The largest absolute Gasteiger partial charge is 0.466 e. The van der Waals surface area contributed by atoms with Crippen molar-refractivity contribution in [1.29, 1.82) is 0 Å². The molecule has 0 bridgehead atoms. The Morgan fingerprint density at radius 1 is 1.54 bits per heavy atom. The molecule has 0 aromatic rings. The van der Waals surface area contributed by atoms with Gasteiger partial charge in [-0.2, -0.15) is 0 Å². The first-order chi connectivity index (χ1) is 6.27. The van der Waals surface area contributed by atoms with Crippen molar-refractivity contribution < 1.29 is 14.6 Å². The minimum atomic E-state index is -0.0827. The molecule has 0 amide bonds. The van der Waals surface area contributed by atoms with Crippen LogP contribution >= 0.6 is 0 Å². The van der Waals surface area contributed by atoms with Gasteiger partial charge in [-0.3, -0.25) is 4.79 Å². The van der Waals surface area contributed by atoms with Crippen molar-refractivity contribution in [3.63, 3.8) is 0 Å². The van der Waals surface area contributed by atoms with Crippen LogP contribution in [-0.4, -0.2) is 24.3 Å². The van der Waals surface area contributed by atoms with Crippen LogP contribution in [-0.2, 0) is 9.53 Å². The third-order valence-corrected chi connectivity index (χ3v) is 2.66. The maximum Gasteiger partial charge on any atom is 0.308 e. The summed E-state index contributed by atoms with van der Waals surface area (Å²) in [5.41, 5.74) is 0. The lowest BCUT2D eigenvalue weighted by Crippen LogP contribution is -2.26. The van der Waals surface area contributed by atoms with Crippen molar-refractivity contribution in [2.75, 3.05) is 13.2 Å². The lowest BCUT2D eigenvalue weighted by Gasteiger charge is -2.26. The molecule has 2 atom stereocenters. The summed E-state index contributed by atoms with van der Waals surface area (Å²) < 4.78 is 4.95. The van der Waals surface area contributed by atoms with Gasteiger partial charge in [0.15, 0.2) is 0 Å². The number of ether oxygens (including phenoxy) is 1. The molecular weight excluding hydrogens is 168 g/mol. The predicted molar refractivity (Wildman–Crippen MR) is 49.2 cm³/mol. The van der Waals surface area contributed by atoms with Crippen LogP contribution in [0, 0.1) is 11.8 Å². The topological polar surface area (TPSA) is 46.5 Å². The van der Waals surface area contributed by atoms with Gasteiger partial charge in [-0.15, -0.1) is 0 Å². The zero-order chi connectivity index (χ0) is 9.68. The highest BCUT2D eigenvalue weighted by molar-refractivity contribution is 5.72. The molecule has 3 heteroatoms. The molecule has 1 N–H and O–H groups in total. The first kappa shape index (κ1) is 10.5. The van der Waals surface area contributed by atoms with E-state index in [1.807, 2.05) is 6.92 Å². The number of aliphatic hydroxyl groups is 1. The Bertz CT molecular complexity index is 168. The molecule has 1 fully saturated rings. The van der Waals surface area contributed by atoms with Gasteiger partial charge in [0, 0.05) is 6.61 Å². The summed E-state index contributed by atoms with van der Waals surface area (Å²) in [4.78, 5) is 11.4. The standard InChI is InChI=1S/C10H18O3/c1-2-13-10(12)9-5-3-4-8(6-9)7-11/h8-9,11H,2-7H2,1H3/t8-,9+/m0/s1. The number of hydrogen-bond acceptors (Lipinski definition) is 3. The van der Waals surface area contributed by atoms with E-state index in [4.69, 9.17) is 9.84 Å². The van der Waals surface area contributed by atoms with E-state index in [0.29, 0.717) is 12.5 Å². The molecule has 0 saturated heterocycles. The Morgan fingerprint density at radius 2 is 2.31 bits per heavy atom. The first-order valence-corrected chi connectivity index (χ1v) is 5.05. The first-order valence-electron chi connectivity index (χ1n) is 5.05. The maximum atomic E-state index is 11.4. The molecule has 1 rings (SSSR count). The van der Waals surface area contributed by atoms with Crippen LogP contribution in [0.2, 0.25) is 0 Å². The van der Waals surface area contributed by atoms with Gasteiger partial charge in [-0.05, 0) is 32.1 Å². The van der Waals surface area contributed by atoms with Crippen LogP contribution in [0.15, 0.2) is 0 Å². The fraction of sp³-hybridized carbons (Fsp3) is 0.900. The highest BCUT2D eigenvalue weighted by Gasteiger charge is 2.27. The average molecular weight is 186 g/mol. The number of hydrogen-bond donors (Lipinski definition) is 1. The van der Waals surface area contributed by atoms with E-state index in [2.05, 4.69) is 0 Å². The molecule has 1 aliphatic carbocycles. The fourth-order valence-corrected chi connectivity index (χ4v) is 1.93. The Labute approximate surface area is 79.1 Å². The predicted octanol–water partition coefficient (Wildman–Crippen LogP) is 1.35. The summed E-state index contributed by atoms with van der Waals surface area (Å²) in [7, 11) is 0. The van der Waals surface area contributed by atoms with Crippen LogP contribution in [0.25, 0.3) is 0 Å². The van der Waals surface area contributed by atoms with Gasteiger partial charge >= 0.3 is 5.97 Å². The van der Waals surface area contributed by atoms with Gasteiger partial charge in [0.25, 0.3) is 0 Å². The Hall–Kier alpha value is -0.570. The van der Waals surface area contributed by atoms with Crippen LogP contribution in [0.1, 0.15) is 32.6 Å². The maximum absolute atomic E-state index is 11.4. The minimum absolute atomic E-state index is 0.0332. The number of carbonyl (C=O) groups is 1. The van der Waals surface area contributed by atoms with Crippen LogP contribution in [0.5, 0.6) is 0 Å². The van der Waals surface area contributed by atoms with Gasteiger partial charge in [-0.25, -0.2) is 0 Å². The summed E-state index contributed by atoms with van der Waals surface area (Å²) in [5.74, 6) is 0.259. The molecule has 0 spiro atoms. The van der Waals surface area contributed by atoms with Crippen LogP contribution < -0.4 is 0 Å². The normalized spacial score (nSPS) is 28.5. The van der Waals surface area contributed by atoms with E-state index in [0.717, 1.165) is 25.7 Å². The second-order valence-corrected chi connectivity index (χ2v) is 3.66. The Morgan fingerprint density at radius 3 is 2.92 bits per heavy atom. The monoisotopic (exact) mass is 186 g/mol. The summed E-state index contributed by atoms with van der Waals surface area (Å²) in [6.45, 7) is 2.49. The highest BCUT2D eigenvalue weighted by atomic mass is 16.5. The van der Waals surface area contributed by atoms with Gasteiger partial charge in [0.05, 0.1) is 12.5 Å². The van der Waals surface area contributed by atoms with Crippen molar-refractivity contribution in [3.8, 4) is 0 Å². The van der Waals surface area contributed by atoms with Gasteiger partial charge < -0.3 is 9.84 Å². The SMILES string of the molecule is CCOC(=O)[C@@H]1CCC[C@H](CO)C1. The summed E-state index contributed by atoms with van der Waals surface area (Å²) in [5, 5.41) is 8.97. The third-order valence-electron chi connectivity index (χ3n) is 2.66. The van der Waals surface area contributed by atoms with Gasteiger partial charge in [-0.1, -0.05) is 6.42 Å². The van der Waals surface area contributed by atoms with E-state index in [9.17, 15) is 4.79 Å². The number of esters is 1. The number of rotatable bonds is 3. The van der Waals surface area contributed by atoms with Crippen molar-refractivity contribution in [1.82, 2.24) is 0 Å². The minimum Gasteiger partial charge on any atom is -0.466 e. The zero-order valence-electron chi connectivity index (χ0n) is 8.16. The van der Waals surface area contributed by atoms with E-state index in [-0.39, 0.29) is 18.5 Å². The van der Waals surface area contributed by atoms with Crippen molar-refractivity contribution in [2.24, 2.45) is 11.8 Å². The molecule has 0 unspecified atom stereocenters. The van der Waals surface area contributed by atoms with Crippen LogP contribution in [0.3, 0.4) is 0 Å². The van der Waals surface area contributed by atoms with Crippen molar-refractivity contribution >= 4 is 5.97 Å². The van der Waals surface area contributed by atoms with E-state index < -0.39 is 0 Å². The summed E-state index contributed by atoms with van der Waals surface area (Å²) in [6, 6.07) is 0. The molecule has 1 saturated carbocycles. The molecule has 0 aromatic heterocycles.